The second-order valence-electron chi connectivity index (χ2n) is 5.48. The number of carbonyl (C=O) groups is 1. The molecule has 1 saturated carbocycles. The third-order valence-electron chi connectivity index (χ3n) is 3.99. The molecule has 1 fully saturated rings. The zero-order valence-electron chi connectivity index (χ0n) is 13.7. The van der Waals surface area contributed by atoms with Gasteiger partial charge < -0.3 is 19.3 Å². The Balaban J connectivity index is 2.24. The van der Waals surface area contributed by atoms with E-state index in [0.717, 1.165) is 18.5 Å². The predicted octanol–water partition coefficient (Wildman–Crippen LogP) is 2.75. The molecule has 0 atom stereocenters. The third kappa shape index (κ3) is 2.73. The van der Waals surface area contributed by atoms with E-state index in [9.17, 15) is 9.90 Å². The van der Waals surface area contributed by atoms with Crippen molar-refractivity contribution in [3.8, 4) is 28.5 Å². The van der Waals surface area contributed by atoms with Crippen LogP contribution in [0.5, 0.6) is 17.2 Å². The summed E-state index contributed by atoms with van der Waals surface area (Å²) in [6.07, 6.45) is 3.71. The summed E-state index contributed by atoms with van der Waals surface area (Å²) >= 11 is 0. The molecule has 126 valence electrons. The van der Waals surface area contributed by atoms with E-state index in [2.05, 4.69) is 9.97 Å². The van der Waals surface area contributed by atoms with Crippen molar-refractivity contribution >= 4 is 5.97 Å². The molecule has 7 heteroatoms. The maximum absolute atomic E-state index is 11.6. The lowest BCUT2D eigenvalue weighted by Gasteiger charge is -2.17. The van der Waals surface area contributed by atoms with Crippen LogP contribution in [0.25, 0.3) is 11.3 Å². The normalized spacial score (nSPS) is 13.5. The molecule has 3 rings (SSSR count). The van der Waals surface area contributed by atoms with Crippen LogP contribution < -0.4 is 14.2 Å². The fourth-order valence-corrected chi connectivity index (χ4v) is 2.68. The van der Waals surface area contributed by atoms with Crippen LogP contribution >= 0.6 is 0 Å². The number of carboxylic acid groups (broad SMARTS) is 1. The van der Waals surface area contributed by atoms with E-state index in [4.69, 9.17) is 14.2 Å². The molecule has 0 aliphatic heterocycles. The molecule has 0 amide bonds. The van der Waals surface area contributed by atoms with Crippen molar-refractivity contribution in [2.24, 2.45) is 0 Å². The summed E-state index contributed by atoms with van der Waals surface area (Å²) in [5.41, 5.74) is 2.05. The van der Waals surface area contributed by atoms with Gasteiger partial charge in [0.1, 0.15) is 11.9 Å². The van der Waals surface area contributed by atoms with E-state index >= 15 is 0 Å². The first-order valence-electron chi connectivity index (χ1n) is 7.49. The molecule has 0 saturated heterocycles. The number of aromatic carboxylic acids is 1. The Kier molecular flexibility index (Phi) is 4.24. The van der Waals surface area contributed by atoms with Crippen LogP contribution in [0.4, 0.5) is 0 Å². The van der Waals surface area contributed by atoms with Gasteiger partial charge in [-0.1, -0.05) is 0 Å². The summed E-state index contributed by atoms with van der Waals surface area (Å²) in [5, 5.41) is 9.50. The largest absolute Gasteiger partial charge is 0.492 e. The Labute approximate surface area is 139 Å². The molecule has 0 spiro atoms. The van der Waals surface area contributed by atoms with Gasteiger partial charge in [0.25, 0.3) is 0 Å². The minimum Gasteiger partial charge on any atom is -0.492 e. The van der Waals surface area contributed by atoms with Crippen molar-refractivity contribution in [3.05, 3.63) is 29.7 Å². The lowest BCUT2D eigenvalue weighted by Crippen LogP contribution is -2.06. The van der Waals surface area contributed by atoms with Gasteiger partial charge in [0, 0.05) is 17.2 Å². The van der Waals surface area contributed by atoms with Gasteiger partial charge in [0.2, 0.25) is 5.75 Å². The minimum absolute atomic E-state index is 0.0169. The fourth-order valence-electron chi connectivity index (χ4n) is 2.68. The third-order valence-corrected chi connectivity index (χ3v) is 3.99. The second-order valence-corrected chi connectivity index (χ2v) is 5.48. The monoisotopic (exact) mass is 330 g/mol. The van der Waals surface area contributed by atoms with Crippen LogP contribution in [0.15, 0.2) is 18.5 Å². The molecule has 1 aliphatic carbocycles. The molecule has 7 nitrogen and oxygen atoms in total. The van der Waals surface area contributed by atoms with Gasteiger partial charge >= 0.3 is 5.97 Å². The lowest BCUT2D eigenvalue weighted by molar-refractivity contribution is 0.0692. The van der Waals surface area contributed by atoms with Gasteiger partial charge in [-0.3, -0.25) is 0 Å². The molecule has 0 bridgehead atoms. The molecule has 0 unspecified atom stereocenters. The van der Waals surface area contributed by atoms with Crippen molar-refractivity contribution in [1.29, 1.82) is 0 Å². The van der Waals surface area contributed by atoms with E-state index in [1.165, 1.54) is 33.7 Å². The quantitative estimate of drug-likeness (QED) is 0.870. The average Bonchev–Trinajstić information content (AvgIpc) is 3.44. The molecule has 1 N–H and O–H groups in total. The number of hydrogen-bond donors (Lipinski definition) is 1. The van der Waals surface area contributed by atoms with Gasteiger partial charge in [-0.15, -0.1) is 0 Å². The van der Waals surface area contributed by atoms with Crippen molar-refractivity contribution in [2.45, 2.75) is 18.8 Å². The Morgan fingerprint density at radius 3 is 2.25 bits per heavy atom. The number of ether oxygens (including phenoxy) is 3. The van der Waals surface area contributed by atoms with E-state index in [0.29, 0.717) is 22.9 Å². The van der Waals surface area contributed by atoms with E-state index in [1.54, 1.807) is 0 Å². The van der Waals surface area contributed by atoms with Crippen molar-refractivity contribution in [1.82, 2.24) is 9.97 Å². The SMILES string of the molecule is COc1c(C(=O)O)cc(-c2cc(C3CC3)ncn2)c(OC)c1OC. The predicted molar refractivity (Wildman–Crippen MR) is 86.1 cm³/mol. The number of methoxy groups -OCH3 is 3. The number of carboxylic acids is 1. The molecule has 2 aromatic rings. The van der Waals surface area contributed by atoms with Crippen molar-refractivity contribution in [3.63, 3.8) is 0 Å². The Bertz CT molecular complexity index is 787. The van der Waals surface area contributed by atoms with E-state index < -0.39 is 5.97 Å². The molecule has 1 aromatic carbocycles. The zero-order valence-corrected chi connectivity index (χ0v) is 13.7. The molecular weight excluding hydrogens is 312 g/mol. The Hall–Kier alpha value is -2.83. The summed E-state index contributed by atoms with van der Waals surface area (Å²) in [4.78, 5) is 20.2. The summed E-state index contributed by atoms with van der Waals surface area (Å²) in [6.45, 7) is 0. The van der Waals surface area contributed by atoms with E-state index in [-0.39, 0.29) is 17.1 Å². The average molecular weight is 330 g/mol. The number of benzene rings is 1. The van der Waals surface area contributed by atoms with Crippen LogP contribution in [0.3, 0.4) is 0 Å². The number of nitrogens with zero attached hydrogens (tertiary/aromatic N) is 2. The van der Waals surface area contributed by atoms with Gasteiger partial charge in [0.15, 0.2) is 11.5 Å². The molecule has 0 radical (unpaired) electrons. The first-order valence-corrected chi connectivity index (χ1v) is 7.49. The highest BCUT2D eigenvalue weighted by molar-refractivity contribution is 5.95. The van der Waals surface area contributed by atoms with Crippen LogP contribution in [0, 0.1) is 0 Å². The van der Waals surface area contributed by atoms with Gasteiger partial charge in [-0.25, -0.2) is 14.8 Å². The smallest absolute Gasteiger partial charge is 0.339 e. The van der Waals surface area contributed by atoms with Gasteiger partial charge in [0.05, 0.1) is 27.0 Å². The number of rotatable bonds is 6. The van der Waals surface area contributed by atoms with Crippen LogP contribution in [-0.4, -0.2) is 42.4 Å². The second kappa shape index (κ2) is 6.35. The Morgan fingerprint density at radius 1 is 1.04 bits per heavy atom. The standard InChI is InChI=1S/C17H18N2O5/c1-22-14-10(13-7-12(9-4-5-9)18-8-19-13)6-11(17(20)21)15(23-2)16(14)24-3/h6-9H,4-5H2,1-3H3,(H,20,21). The summed E-state index contributed by atoms with van der Waals surface area (Å²) in [6, 6.07) is 3.36. The summed E-state index contributed by atoms with van der Waals surface area (Å²) in [5.74, 6) is 0.0470. The highest BCUT2D eigenvalue weighted by Crippen LogP contribution is 2.47. The van der Waals surface area contributed by atoms with Gasteiger partial charge in [-0.05, 0) is 25.0 Å². The van der Waals surface area contributed by atoms with Gasteiger partial charge in [-0.2, -0.15) is 0 Å². The van der Waals surface area contributed by atoms with Crippen LogP contribution in [-0.2, 0) is 0 Å². The lowest BCUT2D eigenvalue weighted by atomic mass is 10.0. The van der Waals surface area contributed by atoms with Crippen molar-refractivity contribution < 1.29 is 24.1 Å². The summed E-state index contributed by atoms with van der Waals surface area (Å²) in [7, 11) is 4.31. The number of aromatic nitrogens is 2. The maximum Gasteiger partial charge on any atom is 0.339 e. The minimum atomic E-state index is -1.12. The topological polar surface area (TPSA) is 90.8 Å². The highest BCUT2D eigenvalue weighted by Gasteiger charge is 2.28. The first kappa shape index (κ1) is 16.0. The van der Waals surface area contributed by atoms with E-state index in [1.807, 2.05) is 6.07 Å². The maximum atomic E-state index is 11.6. The summed E-state index contributed by atoms with van der Waals surface area (Å²) < 4.78 is 16.0. The van der Waals surface area contributed by atoms with Crippen LogP contribution in [0.1, 0.15) is 34.8 Å². The molecule has 24 heavy (non-hydrogen) atoms. The zero-order chi connectivity index (χ0) is 17.3. The number of hydrogen-bond acceptors (Lipinski definition) is 6. The first-order chi connectivity index (χ1) is 11.6. The molecule has 1 aliphatic rings. The molecule has 1 heterocycles. The van der Waals surface area contributed by atoms with Crippen molar-refractivity contribution in [2.75, 3.05) is 21.3 Å². The highest BCUT2D eigenvalue weighted by atomic mass is 16.5. The fraction of sp³-hybridized carbons (Fsp3) is 0.353. The molecular formula is C17H18N2O5. The van der Waals surface area contributed by atoms with Crippen LogP contribution in [0.2, 0.25) is 0 Å². The Morgan fingerprint density at radius 2 is 1.71 bits per heavy atom. The molecule has 1 aromatic heterocycles.